The maximum Gasteiger partial charge on any atom is 0.287 e. The number of likely N-dealkylation sites (N-methyl/N-ethyl adjacent to an activating group) is 1. The largest absolute Gasteiger partial charge is 0.368 e. The molecule has 0 bridgehead atoms. The second-order valence-corrected chi connectivity index (χ2v) is 6.53. The summed E-state index contributed by atoms with van der Waals surface area (Å²) in [7, 11) is 1.77. The summed E-state index contributed by atoms with van der Waals surface area (Å²) >= 11 is 0. The van der Waals surface area contributed by atoms with Crippen molar-refractivity contribution in [2.45, 2.75) is 13.0 Å². The van der Waals surface area contributed by atoms with Crippen LogP contribution in [0.3, 0.4) is 0 Å². The highest BCUT2D eigenvalue weighted by atomic mass is 16.6. The lowest BCUT2D eigenvalue weighted by Crippen LogP contribution is -2.46. The van der Waals surface area contributed by atoms with Crippen LogP contribution in [-0.2, 0) is 0 Å². The van der Waals surface area contributed by atoms with Crippen molar-refractivity contribution < 1.29 is 9.72 Å². The molecule has 8 nitrogen and oxygen atoms in total. The van der Waals surface area contributed by atoms with E-state index in [4.69, 9.17) is 0 Å². The van der Waals surface area contributed by atoms with Crippen LogP contribution < -0.4 is 15.1 Å². The normalized spacial score (nSPS) is 15.5. The van der Waals surface area contributed by atoms with Crippen molar-refractivity contribution in [1.82, 2.24) is 10.3 Å². The van der Waals surface area contributed by atoms with Gasteiger partial charge in [-0.05, 0) is 44.3 Å². The molecule has 2 aromatic rings. The van der Waals surface area contributed by atoms with Gasteiger partial charge in [0, 0.05) is 43.5 Å². The lowest BCUT2D eigenvalue weighted by atomic mass is 10.0. The SMILES string of the molecule is CNC(C)C(=O)c1ccc(N2CCN(c3ccc([N+](=O)[O-])cn3)CC2)cc1. The Hall–Kier alpha value is -3.00. The minimum absolute atomic E-state index is 0.000357. The van der Waals surface area contributed by atoms with Crippen LogP contribution in [0.15, 0.2) is 42.6 Å². The summed E-state index contributed by atoms with van der Waals surface area (Å²) in [5, 5.41) is 13.7. The van der Waals surface area contributed by atoms with Crippen LogP contribution in [0.1, 0.15) is 17.3 Å². The minimum Gasteiger partial charge on any atom is -0.368 e. The van der Waals surface area contributed by atoms with Gasteiger partial charge in [0.25, 0.3) is 5.69 Å². The number of hydrogen-bond donors (Lipinski definition) is 1. The maximum absolute atomic E-state index is 12.2. The number of carbonyl (C=O) groups is 1. The Kier molecular flexibility index (Phi) is 5.66. The number of Topliss-reactive ketones (excluding diaryl/α,β-unsaturated/α-hetero) is 1. The van der Waals surface area contributed by atoms with Crippen molar-refractivity contribution in [3.8, 4) is 0 Å². The van der Waals surface area contributed by atoms with Crippen LogP contribution in [-0.4, -0.2) is 55.0 Å². The first-order valence-electron chi connectivity index (χ1n) is 8.91. The summed E-state index contributed by atoms with van der Waals surface area (Å²) in [6.07, 6.45) is 1.30. The summed E-state index contributed by atoms with van der Waals surface area (Å²) in [5.74, 6) is 0.834. The molecule has 3 rings (SSSR count). The van der Waals surface area contributed by atoms with E-state index in [0.717, 1.165) is 37.7 Å². The molecular formula is C19H23N5O3. The average molecular weight is 369 g/mol. The van der Waals surface area contributed by atoms with E-state index in [1.54, 1.807) is 13.1 Å². The third-order valence-corrected chi connectivity index (χ3v) is 4.89. The van der Waals surface area contributed by atoms with Gasteiger partial charge in [0.2, 0.25) is 0 Å². The summed E-state index contributed by atoms with van der Waals surface area (Å²) in [6, 6.07) is 10.7. The number of ketones is 1. The molecule has 1 fully saturated rings. The van der Waals surface area contributed by atoms with Crippen LogP contribution >= 0.6 is 0 Å². The number of rotatable bonds is 6. The summed E-state index contributed by atoms with van der Waals surface area (Å²) in [6.45, 7) is 5.05. The minimum atomic E-state index is -0.444. The first kappa shape index (κ1) is 18.8. The molecule has 0 radical (unpaired) electrons. The highest BCUT2D eigenvalue weighted by Crippen LogP contribution is 2.21. The molecule has 1 aromatic carbocycles. The molecule has 0 saturated carbocycles. The van der Waals surface area contributed by atoms with Crippen molar-refractivity contribution in [3.63, 3.8) is 0 Å². The van der Waals surface area contributed by atoms with Gasteiger partial charge in [-0.3, -0.25) is 14.9 Å². The molecule has 0 spiro atoms. The lowest BCUT2D eigenvalue weighted by Gasteiger charge is -2.36. The molecule has 8 heteroatoms. The van der Waals surface area contributed by atoms with Crippen LogP contribution in [0.4, 0.5) is 17.2 Å². The second-order valence-electron chi connectivity index (χ2n) is 6.53. The van der Waals surface area contributed by atoms with Crippen molar-refractivity contribution in [1.29, 1.82) is 0 Å². The van der Waals surface area contributed by atoms with E-state index in [1.807, 2.05) is 31.2 Å². The van der Waals surface area contributed by atoms with Gasteiger partial charge in [-0.1, -0.05) is 0 Å². The van der Waals surface area contributed by atoms with Gasteiger partial charge in [-0.2, -0.15) is 0 Å². The monoisotopic (exact) mass is 369 g/mol. The van der Waals surface area contributed by atoms with Gasteiger partial charge in [0.05, 0.1) is 11.0 Å². The number of anilines is 2. The predicted octanol–water partition coefficient (Wildman–Crippen LogP) is 2.11. The van der Waals surface area contributed by atoms with Gasteiger partial charge in [-0.15, -0.1) is 0 Å². The molecule has 1 unspecified atom stereocenters. The van der Waals surface area contributed by atoms with E-state index in [-0.39, 0.29) is 17.5 Å². The van der Waals surface area contributed by atoms with Crippen molar-refractivity contribution in [2.24, 2.45) is 0 Å². The van der Waals surface area contributed by atoms with Gasteiger partial charge in [0.15, 0.2) is 5.78 Å². The van der Waals surface area contributed by atoms with E-state index >= 15 is 0 Å². The van der Waals surface area contributed by atoms with E-state index < -0.39 is 4.92 Å². The standard InChI is InChI=1S/C19H23N5O3/c1-14(20-2)19(25)15-3-5-16(6-4-15)22-9-11-23(12-10-22)18-8-7-17(13-21-18)24(26)27/h3-8,13-14,20H,9-12H2,1-2H3. The Morgan fingerprint density at radius 2 is 1.74 bits per heavy atom. The molecular weight excluding hydrogens is 346 g/mol. The van der Waals surface area contributed by atoms with Crippen molar-refractivity contribution >= 4 is 23.0 Å². The van der Waals surface area contributed by atoms with Crippen molar-refractivity contribution in [3.05, 3.63) is 58.3 Å². The average Bonchev–Trinajstić information content (AvgIpc) is 2.73. The summed E-state index contributed by atoms with van der Waals surface area (Å²) in [5.41, 5.74) is 1.79. The van der Waals surface area contributed by atoms with Crippen LogP contribution in [0.2, 0.25) is 0 Å². The number of benzene rings is 1. The first-order chi connectivity index (χ1) is 13.0. The maximum atomic E-state index is 12.2. The number of aromatic nitrogens is 1. The van der Waals surface area contributed by atoms with E-state index in [1.165, 1.54) is 12.3 Å². The Balaban J connectivity index is 1.60. The number of piperazine rings is 1. The molecule has 1 aliphatic rings. The molecule has 142 valence electrons. The Morgan fingerprint density at radius 3 is 2.26 bits per heavy atom. The number of pyridine rings is 1. The van der Waals surface area contributed by atoms with Crippen LogP contribution in [0.5, 0.6) is 0 Å². The second kappa shape index (κ2) is 8.13. The van der Waals surface area contributed by atoms with Gasteiger partial charge in [-0.25, -0.2) is 4.98 Å². The van der Waals surface area contributed by atoms with E-state index in [2.05, 4.69) is 20.1 Å². The lowest BCUT2D eigenvalue weighted by molar-refractivity contribution is -0.385. The molecule has 27 heavy (non-hydrogen) atoms. The van der Waals surface area contributed by atoms with E-state index in [9.17, 15) is 14.9 Å². The fraction of sp³-hybridized carbons (Fsp3) is 0.368. The molecule has 1 saturated heterocycles. The van der Waals surface area contributed by atoms with Gasteiger partial charge >= 0.3 is 0 Å². The molecule has 2 heterocycles. The number of nitro groups is 1. The number of nitrogens with one attached hydrogen (secondary N) is 1. The van der Waals surface area contributed by atoms with Crippen LogP contribution in [0, 0.1) is 10.1 Å². The molecule has 1 aliphatic heterocycles. The molecule has 0 aliphatic carbocycles. The number of carbonyl (C=O) groups excluding carboxylic acids is 1. The molecule has 1 atom stereocenters. The van der Waals surface area contributed by atoms with Gasteiger partial charge < -0.3 is 15.1 Å². The smallest absolute Gasteiger partial charge is 0.287 e. The van der Waals surface area contributed by atoms with Crippen LogP contribution in [0.25, 0.3) is 0 Å². The zero-order valence-corrected chi connectivity index (χ0v) is 15.5. The molecule has 1 aromatic heterocycles. The van der Waals surface area contributed by atoms with Gasteiger partial charge in [0.1, 0.15) is 12.0 Å². The Morgan fingerprint density at radius 1 is 1.11 bits per heavy atom. The molecule has 1 N–H and O–H groups in total. The third-order valence-electron chi connectivity index (χ3n) is 4.89. The third kappa shape index (κ3) is 4.22. The number of hydrogen-bond acceptors (Lipinski definition) is 7. The summed E-state index contributed by atoms with van der Waals surface area (Å²) in [4.78, 5) is 31.1. The first-order valence-corrected chi connectivity index (χ1v) is 8.91. The number of nitrogens with zero attached hydrogens (tertiary/aromatic N) is 4. The zero-order valence-electron chi connectivity index (χ0n) is 15.5. The Labute approximate surface area is 158 Å². The fourth-order valence-electron chi connectivity index (χ4n) is 3.08. The Bertz CT molecular complexity index is 799. The van der Waals surface area contributed by atoms with Crippen molar-refractivity contribution in [2.75, 3.05) is 43.0 Å². The zero-order chi connectivity index (χ0) is 19.4. The van der Waals surface area contributed by atoms with E-state index in [0.29, 0.717) is 5.56 Å². The topological polar surface area (TPSA) is 91.6 Å². The fourth-order valence-corrected chi connectivity index (χ4v) is 3.08. The molecule has 0 amide bonds. The highest BCUT2D eigenvalue weighted by molar-refractivity contribution is 6.00. The predicted molar refractivity (Wildman–Crippen MR) is 105 cm³/mol. The summed E-state index contributed by atoms with van der Waals surface area (Å²) < 4.78 is 0. The quantitative estimate of drug-likeness (QED) is 0.474. The highest BCUT2D eigenvalue weighted by Gasteiger charge is 2.20.